The smallest absolute Gasteiger partial charge is 0.277 e. The van der Waals surface area contributed by atoms with Gasteiger partial charge in [0, 0.05) is 18.8 Å². The monoisotopic (exact) mass is 466 g/mol. The molecule has 3 heterocycles. The zero-order valence-corrected chi connectivity index (χ0v) is 19.1. The second-order valence-corrected chi connectivity index (χ2v) is 8.56. The average molecular weight is 466 g/mol. The van der Waals surface area contributed by atoms with E-state index in [0.717, 1.165) is 12.8 Å². The van der Waals surface area contributed by atoms with Gasteiger partial charge >= 0.3 is 0 Å². The van der Waals surface area contributed by atoms with Gasteiger partial charge < -0.3 is 10.1 Å². The van der Waals surface area contributed by atoms with Crippen LogP contribution in [0.1, 0.15) is 35.9 Å². The summed E-state index contributed by atoms with van der Waals surface area (Å²) in [5.74, 6) is 2.05. The SMILES string of the molecule is COc1c(Nc2cc(CC(=O)C3CC3)nc3c2N=C(C(F)F)C3)cccc1-n1nc(C)nc1C. The Kier molecular flexibility index (Phi) is 5.59. The minimum Gasteiger partial charge on any atom is -0.492 e. The molecule has 1 fully saturated rings. The quantitative estimate of drug-likeness (QED) is 0.527. The Morgan fingerprint density at radius 2 is 2.03 bits per heavy atom. The number of carbonyl (C=O) groups excluding carboxylic acids is 1. The number of hydrogen-bond donors (Lipinski definition) is 1. The minimum absolute atomic E-state index is 0.0399. The summed E-state index contributed by atoms with van der Waals surface area (Å²) in [5.41, 5.74) is 2.89. The Balaban J connectivity index is 1.56. The highest BCUT2D eigenvalue weighted by atomic mass is 19.3. The summed E-state index contributed by atoms with van der Waals surface area (Å²) in [7, 11) is 1.55. The van der Waals surface area contributed by atoms with Crippen LogP contribution in [-0.2, 0) is 17.6 Å². The Bertz CT molecular complexity index is 1310. The number of carbonyl (C=O) groups is 1. The fraction of sp³-hybridized carbons (Fsp3) is 0.375. The molecule has 0 unspecified atom stereocenters. The van der Waals surface area contributed by atoms with Crippen LogP contribution < -0.4 is 10.1 Å². The maximum atomic E-state index is 13.4. The Labute approximate surface area is 195 Å². The molecule has 1 N–H and O–H groups in total. The molecule has 1 aromatic carbocycles. The molecule has 176 valence electrons. The van der Waals surface area contributed by atoms with E-state index >= 15 is 0 Å². The summed E-state index contributed by atoms with van der Waals surface area (Å²) < 4.78 is 34.2. The molecule has 0 bridgehead atoms. The summed E-state index contributed by atoms with van der Waals surface area (Å²) in [6.07, 6.45) is -0.736. The molecule has 0 saturated heterocycles. The fourth-order valence-corrected chi connectivity index (χ4v) is 4.19. The van der Waals surface area contributed by atoms with Gasteiger partial charge in [-0.3, -0.25) is 9.78 Å². The normalized spacial score (nSPS) is 14.8. The van der Waals surface area contributed by atoms with E-state index in [-0.39, 0.29) is 30.3 Å². The second-order valence-electron chi connectivity index (χ2n) is 8.56. The molecule has 0 spiro atoms. The van der Waals surface area contributed by atoms with Crippen LogP contribution in [0.5, 0.6) is 5.75 Å². The number of aliphatic imine (C=N–C) groups is 1. The first-order valence-electron chi connectivity index (χ1n) is 11.1. The standard InChI is InChI=1S/C24H24F2N6O2/c1-12-27-13(2)32(31-12)20-6-4-5-16(23(20)34-3)29-17-9-15(10-21(33)14-7-8-14)28-18-11-19(24(25)26)30-22(17)18/h4-6,9,14,24H,7-8,10-11H2,1-3H3,(H,28,29). The number of fused-ring (bicyclic) bond motifs is 1. The highest BCUT2D eigenvalue weighted by Crippen LogP contribution is 2.41. The molecule has 3 aromatic rings. The summed E-state index contributed by atoms with van der Waals surface area (Å²) in [5, 5.41) is 7.73. The van der Waals surface area contributed by atoms with Gasteiger partial charge in [-0.25, -0.2) is 23.4 Å². The predicted molar refractivity (Wildman–Crippen MR) is 123 cm³/mol. The summed E-state index contributed by atoms with van der Waals surface area (Å²) in [4.78, 5) is 25.4. The molecule has 1 aliphatic heterocycles. The van der Waals surface area contributed by atoms with E-state index < -0.39 is 6.43 Å². The molecule has 0 atom stereocenters. The number of nitrogens with one attached hydrogen (secondary N) is 1. The Hall–Kier alpha value is -3.69. The van der Waals surface area contributed by atoms with Crippen LogP contribution in [0.25, 0.3) is 5.69 Å². The molecule has 1 saturated carbocycles. The number of aromatic nitrogens is 4. The van der Waals surface area contributed by atoms with Gasteiger partial charge in [-0.05, 0) is 44.9 Å². The van der Waals surface area contributed by atoms with Crippen LogP contribution in [0.2, 0.25) is 0 Å². The molecule has 0 amide bonds. The van der Waals surface area contributed by atoms with Gasteiger partial charge in [-0.15, -0.1) is 0 Å². The van der Waals surface area contributed by atoms with Gasteiger partial charge in [0.15, 0.2) is 5.75 Å². The van der Waals surface area contributed by atoms with E-state index in [1.54, 1.807) is 24.8 Å². The third kappa shape index (κ3) is 4.15. The molecule has 10 heteroatoms. The van der Waals surface area contributed by atoms with Crippen molar-refractivity contribution in [2.45, 2.75) is 46.0 Å². The first-order chi connectivity index (χ1) is 16.3. The van der Waals surface area contributed by atoms with Crippen molar-refractivity contribution in [2.24, 2.45) is 10.9 Å². The van der Waals surface area contributed by atoms with E-state index in [9.17, 15) is 13.6 Å². The summed E-state index contributed by atoms with van der Waals surface area (Å²) in [6, 6.07) is 7.22. The number of benzene rings is 1. The van der Waals surface area contributed by atoms with Crippen molar-refractivity contribution < 1.29 is 18.3 Å². The lowest BCUT2D eigenvalue weighted by atomic mass is 10.1. The number of anilines is 2. The number of Topliss-reactive ketones (excluding diaryl/α,β-unsaturated/α-hetero) is 1. The van der Waals surface area contributed by atoms with Gasteiger partial charge in [-0.1, -0.05) is 6.07 Å². The Morgan fingerprint density at radius 1 is 1.24 bits per heavy atom. The molecule has 8 nitrogen and oxygen atoms in total. The second kappa shape index (κ2) is 8.58. The van der Waals surface area contributed by atoms with Gasteiger partial charge in [0.1, 0.15) is 28.8 Å². The van der Waals surface area contributed by atoms with Gasteiger partial charge in [-0.2, -0.15) is 5.10 Å². The predicted octanol–water partition coefficient (Wildman–Crippen LogP) is 4.45. The van der Waals surface area contributed by atoms with Crippen molar-refractivity contribution in [3.05, 3.63) is 47.3 Å². The number of alkyl halides is 2. The van der Waals surface area contributed by atoms with Gasteiger partial charge in [0.05, 0.1) is 35.6 Å². The third-order valence-electron chi connectivity index (χ3n) is 5.93. The van der Waals surface area contributed by atoms with Crippen molar-refractivity contribution >= 4 is 28.6 Å². The fourth-order valence-electron chi connectivity index (χ4n) is 4.19. The number of aryl methyl sites for hydroxylation is 2. The molecule has 34 heavy (non-hydrogen) atoms. The zero-order valence-electron chi connectivity index (χ0n) is 19.1. The first kappa shape index (κ1) is 22.1. The van der Waals surface area contributed by atoms with Crippen LogP contribution in [0, 0.1) is 19.8 Å². The zero-order chi connectivity index (χ0) is 24.0. The topological polar surface area (TPSA) is 94.3 Å². The number of hydrogen-bond acceptors (Lipinski definition) is 7. The average Bonchev–Trinajstić information content (AvgIpc) is 3.47. The molecular formula is C24H24F2N6O2. The maximum Gasteiger partial charge on any atom is 0.277 e. The van der Waals surface area contributed by atoms with Crippen LogP contribution in [-0.4, -0.2) is 44.8 Å². The lowest BCUT2D eigenvalue weighted by Gasteiger charge is -2.17. The van der Waals surface area contributed by atoms with Gasteiger partial charge in [0.2, 0.25) is 0 Å². The molecule has 2 aliphatic rings. The largest absolute Gasteiger partial charge is 0.492 e. The number of pyridine rings is 1. The lowest BCUT2D eigenvalue weighted by molar-refractivity contribution is -0.119. The van der Waals surface area contributed by atoms with Gasteiger partial charge in [0.25, 0.3) is 6.43 Å². The van der Waals surface area contributed by atoms with Crippen molar-refractivity contribution in [3.63, 3.8) is 0 Å². The third-order valence-corrected chi connectivity index (χ3v) is 5.93. The van der Waals surface area contributed by atoms with E-state index in [4.69, 9.17) is 4.74 Å². The highest BCUT2D eigenvalue weighted by molar-refractivity contribution is 5.99. The van der Waals surface area contributed by atoms with Crippen molar-refractivity contribution in [3.8, 4) is 11.4 Å². The number of methoxy groups -OCH3 is 1. The van der Waals surface area contributed by atoms with E-state index in [1.807, 2.05) is 25.1 Å². The van der Waals surface area contributed by atoms with Crippen LogP contribution >= 0.6 is 0 Å². The lowest BCUT2D eigenvalue weighted by Crippen LogP contribution is -2.11. The van der Waals surface area contributed by atoms with Crippen LogP contribution in [0.3, 0.4) is 0 Å². The summed E-state index contributed by atoms with van der Waals surface area (Å²) >= 11 is 0. The number of rotatable bonds is 8. The van der Waals surface area contributed by atoms with Crippen molar-refractivity contribution in [1.29, 1.82) is 0 Å². The molecule has 2 aromatic heterocycles. The number of ether oxygens (including phenoxy) is 1. The van der Waals surface area contributed by atoms with Crippen molar-refractivity contribution in [2.75, 3.05) is 12.4 Å². The van der Waals surface area contributed by atoms with Crippen LogP contribution in [0.15, 0.2) is 29.3 Å². The maximum absolute atomic E-state index is 13.4. The number of halogens is 2. The summed E-state index contributed by atoms with van der Waals surface area (Å²) in [6.45, 7) is 3.65. The molecule has 5 rings (SSSR count). The number of nitrogens with zero attached hydrogens (tertiary/aromatic N) is 5. The minimum atomic E-state index is -2.67. The van der Waals surface area contributed by atoms with E-state index in [0.29, 0.717) is 51.5 Å². The first-order valence-corrected chi connectivity index (χ1v) is 11.1. The van der Waals surface area contributed by atoms with E-state index in [2.05, 4.69) is 25.4 Å². The van der Waals surface area contributed by atoms with Crippen LogP contribution in [0.4, 0.5) is 25.8 Å². The van der Waals surface area contributed by atoms with Crippen molar-refractivity contribution in [1.82, 2.24) is 19.7 Å². The Morgan fingerprint density at radius 3 is 2.68 bits per heavy atom. The number of para-hydroxylation sites is 1. The number of ketones is 1. The molecule has 0 radical (unpaired) electrons. The highest BCUT2D eigenvalue weighted by Gasteiger charge is 2.31. The molecular weight excluding hydrogens is 442 g/mol. The van der Waals surface area contributed by atoms with E-state index in [1.165, 1.54) is 0 Å². The molecule has 1 aliphatic carbocycles.